The molecule has 2 aromatic carbocycles. The first-order valence-corrected chi connectivity index (χ1v) is 5.37. The quantitative estimate of drug-likeness (QED) is 0.667. The third-order valence-electron chi connectivity index (χ3n) is 2.48. The average molecular weight is 289 g/mol. The molecule has 0 aromatic heterocycles. The van der Waals surface area contributed by atoms with Crippen molar-refractivity contribution in [2.75, 3.05) is 5.73 Å². The number of hydrogen-bond donors (Lipinski definition) is 1. The van der Waals surface area contributed by atoms with Gasteiger partial charge >= 0.3 is 6.36 Å². The maximum Gasteiger partial charge on any atom is 0.573 e. The molecular weight excluding hydrogens is 281 g/mol. The molecule has 7 heteroatoms. The minimum Gasteiger partial charge on any atom is -0.406 e. The van der Waals surface area contributed by atoms with Gasteiger partial charge in [0, 0.05) is 28.9 Å². The molecule has 2 N–H and O–H groups in total. The largest absolute Gasteiger partial charge is 0.573 e. The van der Waals surface area contributed by atoms with Crippen LogP contribution in [-0.4, -0.2) is 6.36 Å². The molecule has 0 saturated heterocycles. The lowest BCUT2D eigenvalue weighted by Gasteiger charge is -2.12. The highest BCUT2D eigenvalue weighted by Gasteiger charge is 2.31. The fraction of sp³-hybridized carbons (Fsp3) is 0.0769. The maximum absolute atomic E-state index is 13.6. The summed E-state index contributed by atoms with van der Waals surface area (Å²) in [5, 5.41) is 0. The molecule has 2 rings (SSSR count). The molecule has 20 heavy (non-hydrogen) atoms. The van der Waals surface area contributed by atoms with Gasteiger partial charge in [0.2, 0.25) is 0 Å². The first-order chi connectivity index (χ1) is 9.26. The van der Waals surface area contributed by atoms with E-state index in [9.17, 15) is 22.0 Å². The highest BCUT2D eigenvalue weighted by Crippen LogP contribution is 2.33. The highest BCUT2D eigenvalue weighted by atomic mass is 19.4. The van der Waals surface area contributed by atoms with Gasteiger partial charge in [0.05, 0.1) is 0 Å². The van der Waals surface area contributed by atoms with Gasteiger partial charge in [0.25, 0.3) is 0 Å². The van der Waals surface area contributed by atoms with Gasteiger partial charge in [-0.15, -0.1) is 13.2 Å². The average Bonchev–Trinajstić information content (AvgIpc) is 2.28. The lowest BCUT2D eigenvalue weighted by atomic mass is 10.0. The van der Waals surface area contributed by atoms with Crippen LogP contribution in [0.1, 0.15) is 0 Å². The molecule has 2 aromatic rings. The smallest absolute Gasteiger partial charge is 0.406 e. The molecule has 0 radical (unpaired) electrons. The van der Waals surface area contributed by atoms with Crippen molar-refractivity contribution in [3.05, 3.63) is 48.0 Å². The molecule has 0 saturated carbocycles. The fourth-order valence-electron chi connectivity index (χ4n) is 1.69. The summed E-state index contributed by atoms with van der Waals surface area (Å²) in [6, 6.07) is 5.94. The van der Waals surface area contributed by atoms with Crippen LogP contribution in [0.25, 0.3) is 11.1 Å². The molecule has 0 aliphatic carbocycles. The Labute approximate surface area is 110 Å². The van der Waals surface area contributed by atoms with E-state index in [1.54, 1.807) is 0 Å². The molecule has 106 valence electrons. The summed E-state index contributed by atoms with van der Waals surface area (Å²) in [5.41, 5.74) is 5.60. The Hall–Kier alpha value is -2.31. The van der Waals surface area contributed by atoms with Gasteiger partial charge in [-0.05, 0) is 24.3 Å². The number of benzene rings is 2. The highest BCUT2D eigenvalue weighted by molar-refractivity contribution is 5.77. The van der Waals surface area contributed by atoms with Crippen LogP contribution in [0.2, 0.25) is 0 Å². The number of alkyl halides is 3. The molecule has 0 bridgehead atoms. The Balaban J connectivity index is 2.39. The molecule has 0 fully saturated rings. The van der Waals surface area contributed by atoms with Gasteiger partial charge in [-0.1, -0.05) is 0 Å². The number of nitrogen functional groups attached to an aromatic ring is 1. The van der Waals surface area contributed by atoms with E-state index >= 15 is 0 Å². The molecule has 0 atom stereocenters. The van der Waals surface area contributed by atoms with E-state index in [0.29, 0.717) is 6.07 Å². The van der Waals surface area contributed by atoms with E-state index in [4.69, 9.17) is 5.73 Å². The van der Waals surface area contributed by atoms with Gasteiger partial charge in [0.1, 0.15) is 17.4 Å². The van der Waals surface area contributed by atoms with Crippen molar-refractivity contribution >= 4 is 5.69 Å². The first kappa shape index (κ1) is 14.1. The minimum atomic E-state index is -4.84. The van der Waals surface area contributed by atoms with Gasteiger partial charge in [-0.2, -0.15) is 0 Å². The molecule has 0 aliphatic rings. The molecule has 0 amide bonds. The van der Waals surface area contributed by atoms with Gasteiger partial charge in [-0.25, -0.2) is 8.78 Å². The number of hydrogen-bond acceptors (Lipinski definition) is 2. The SMILES string of the molecule is Nc1cc(OC(F)(F)F)ccc1-c1ccc(F)cc1F. The van der Waals surface area contributed by atoms with Crippen molar-refractivity contribution in [1.82, 2.24) is 0 Å². The predicted molar refractivity (Wildman–Crippen MR) is 62.9 cm³/mol. The second-order valence-corrected chi connectivity index (χ2v) is 3.92. The summed E-state index contributed by atoms with van der Waals surface area (Å²) in [6.45, 7) is 0. The number of halogens is 5. The van der Waals surface area contributed by atoms with Crippen LogP contribution >= 0.6 is 0 Å². The fourth-order valence-corrected chi connectivity index (χ4v) is 1.69. The number of anilines is 1. The van der Waals surface area contributed by atoms with Crippen molar-refractivity contribution < 1.29 is 26.7 Å². The van der Waals surface area contributed by atoms with E-state index in [0.717, 1.165) is 24.3 Å². The van der Waals surface area contributed by atoms with Gasteiger partial charge < -0.3 is 10.5 Å². The summed E-state index contributed by atoms with van der Waals surface area (Å²) in [5.74, 6) is -2.13. The zero-order chi connectivity index (χ0) is 14.9. The number of nitrogens with two attached hydrogens (primary N) is 1. The van der Waals surface area contributed by atoms with E-state index in [2.05, 4.69) is 4.74 Å². The molecule has 2 nitrogen and oxygen atoms in total. The van der Waals surface area contributed by atoms with Crippen LogP contribution in [0.5, 0.6) is 5.75 Å². The Morgan fingerprint density at radius 3 is 2.10 bits per heavy atom. The second kappa shape index (κ2) is 4.99. The van der Waals surface area contributed by atoms with E-state index in [1.807, 2.05) is 0 Å². The van der Waals surface area contributed by atoms with E-state index in [-0.39, 0.29) is 16.8 Å². The van der Waals surface area contributed by atoms with E-state index < -0.39 is 23.7 Å². The van der Waals surface area contributed by atoms with Crippen LogP contribution in [0, 0.1) is 11.6 Å². The Bertz CT molecular complexity index is 639. The molecule has 0 aliphatic heterocycles. The first-order valence-electron chi connectivity index (χ1n) is 5.37. The third-order valence-corrected chi connectivity index (χ3v) is 2.48. The number of rotatable bonds is 2. The molecule has 0 unspecified atom stereocenters. The summed E-state index contributed by atoms with van der Waals surface area (Å²) in [7, 11) is 0. The van der Waals surface area contributed by atoms with Crippen molar-refractivity contribution in [3.63, 3.8) is 0 Å². The van der Waals surface area contributed by atoms with Crippen molar-refractivity contribution in [1.29, 1.82) is 0 Å². The minimum absolute atomic E-state index is 0.0116. The lowest BCUT2D eigenvalue weighted by molar-refractivity contribution is -0.274. The Kier molecular flexibility index (Phi) is 3.52. The monoisotopic (exact) mass is 289 g/mol. The maximum atomic E-state index is 13.6. The van der Waals surface area contributed by atoms with Crippen molar-refractivity contribution in [3.8, 4) is 16.9 Å². The van der Waals surface area contributed by atoms with E-state index in [1.165, 1.54) is 6.07 Å². The Morgan fingerprint density at radius 2 is 1.55 bits per heavy atom. The van der Waals surface area contributed by atoms with Crippen LogP contribution in [-0.2, 0) is 0 Å². The zero-order valence-electron chi connectivity index (χ0n) is 9.84. The topological polar surface area (TPSA) is 35.2 Å². The van der Waals surface area contributed by atoms with Crippen LogP contribution in [0.3, 0.4) is 0 Å². The molecular formula is C13H8F5NO. The zero-order valence-corrected chi connectivity index (χ0v) is 9.84. The normalized spacial score (nSPS) is 11.4. The standard InChI is InChI=1S/C13H8F5NO/c14-7-1-3-9(11(15)5-7)10-4-2-8(6-12(10)19)20-13(16,17)18/h1-6H,19H2. The van der Waals surface area contributed by atoms with Crippen molar-refractivity contribution in [2.45, 2.75) is 6.36 Å². The van der Waals surface area contributed by atoms with Crippen molar-refractivity contribution in [2.24, 2.45) is 0 Å². The summed E-state index contributed by atoms with van der Waals surface area (Å²) in [4.78, 5) is 0. The van der Waals surface area contributed by atoms with Gasteiger partial charge in [-0.3, -0.25) is 0 Å². The summed E-state index contributed by atoms with van der Waals surface area (Å²) in [6.07, 6.45) is -4.84. The number of ether oxygens (including phenoxy) is 1. The molecule has 0 spiro atoms. The molecule has 0 heterocycles. The van der Waals surface area contributed by atoms with Crippen LogP contribution in [0.15, 0.2) is 36.4 Å². The van der Waals surface area contributed by atoms with Crippen LogP contribution in [0.4, 0.5) is 27.6 Å². The summed E-state index contributed by atoms with van der Waals surface area (Å²) >= 11 is 0. The lowest BCUT2D eigenvalue weighted by Crippen LogP contribution is -2.17. The van der Waals surface area contributed by atoms with Gasteiger partial charge in [0.15, 0.2) is 0 Å². The third kappa shape index (κ3) is 3.17. The van der Waals surface area contributed by atoms with Crippen LogP contribution < -0.4 is 10.5 Å². The predicted octanol–water partition coefficient (Wildman–Crippen LogP) is 4.11. The Morgan fingerprint density at radius 1 is 0.900 bits per heavy atom. The summed E-state index contributed by atoms with van der Waals surface area (Å²) < 4.78 is 66.2. The second-order valence-electron chi connectivity index (χ2n) is 3.92.